The van der Waals surface area contributed by atoms with Crippen molar-refractivity contribution in [1.29, 1.82) is 0 Å². The van der Waals surface area contributed by atoms with Crippen molar-refractivity contribution < 1.29 is 13.6 Å². The van der Waals surface area contributed by atoms with E-state index in [1.807, 2.05) is 26.0 Å². The van der Waals surface area contributed by atoms with Crippen molar-refractivity contribution in [3.05, 3.63) is 41.2 Å². The van der Waals surface area contributed by atoms with Crippen LogP contribution in [0.15, 0.2) is 33.1 Å². The van der Waals surface area contributed by atoms with Crippen LogP contribution in [-0.4, -0.2) is 4.79 Å². The van der Waals surface area contributed by atoms with E-state index in [0.29, 0.717) is 5.58 Å². The summed E-state index contributed by atoms with van der Waals surface area (Å²) in [5.41, 5.74) is 1.64. The summed E-state index contributed by atoms with van der Waals surface area (Å²) in [6.45, 7) is 3.75. The van der Waals surface area contributed by atoms with Gasteiger partial charge in [-0.3, -0.25) is 4.79 Å². The minimum atomic E-state index is 0.203. The van der Waals surface area contributed by atoms with E-state index in [0.717, 1.165) is 27.9 Å². The first kappa shape index (κ1) is 9.21. The molecule has 0 aliphatic heterocycles. The molecule has 0 unspecified atom stereocenters. The van der Waals surface area contributed by atoms with Crippen LogP contribution in [0.2, 0.25) is 0 Å². The van der Waals surface area contributed by atoms with E-state index in [1.165, 1.54) is 0 Å². The first-order valence-electron chi connectivity index (χ1n) is 5.10. The maximum Gasteiger partial charge on any atom is 0.344 e. The van der Waals surface area contributed by atoms with Gasteiger partial charge < -0.3 is 8.83 Å². The average Bonchev–Trinajstić information content (AvgIpc) is 2.14. The fourth-order valence-corrected chi connectivity index (χ4v) is 2.04. The maximum absolute atomic E-state index is 9.60. The Bertz CT molecular complexity index is 689. The van der Waals surface area contributed by atoms with Crippen molar-refractivity contribution in [3.8, 4) is 0 Å². The van der Waals surface area contributed by atoms with Crippen LogP contribution in [-0.2, 0) is 0 Å². The monoisotopic (exact) mass is 215 g/mol. The first-order chi connectivity index (χ1) is 7.63. The fourth-order valence-electron chi connectivity index (χ4n) is 2.04. The van der Waals surface area contributed by atoms with Gasteiger partial charge >= 0.3 is 5.43 Å². The molecule has 16 heavy (non-hydrogen) atoms. The molecule has 3 heteroatoms. The van der Waals surface area contributed by atoms with Crippen LogP contribution in [0.4, 0.5) is 0 Å². The molecule has 0 fully saturated rings. The van der Waals surface area contributed by atoms with Crippen molar-refractivity contribution in [3.63, 3.8) is 0 Å². The van der Waals surface area contributed by atoms with Crippen LogP contribution in [0.3, 0.4) is 0 Å². The normalized spacial score (nSPS) is 11.4. The molecular formula is C13H11O3+. The van der Waals surface area contributed by atoms with Gasteiger partial charge in [0.15, 0.2) is 0 Å². The minimum Gasteiger partial charge on any atom is -0.461 e. The molecule has 0 spiro atoms. The van der Waals surface area contributed by atoms with E-state index in [2.05, 4.69) is 0 Å². The minimum absolute atomic E-state index is 0.203. The molecule has 3 rings (SSSR count). The van der Waals surface area contributed by atoms with Crippen LogP contribution in [0.25, 0.3) is 21.9 Å². The Hall–Kier alpha value is -2.03. The molecule has 80 valence electrons. The van der Waals surface area contributed by atoms with Crippen molar-refractivity contribution in [2.45, 2.75) is 13.8 Å². The first-order valence-corrected chi connectivity index (χ1v) is 5.10. The summed E-state index contributed by atoms with van der Waals surface area (Å²) in [6.07, 6.45) is 0. The Morgan fingerprint density at radius 2 is 1.50 bits per heavy atom. The molecule has 0 radical (unpaired) electrons. The smallest absolute Gasteiger partial charge is 0.344 e. The fraction of sp³-hybridized carbons (Fsp3) is 0.154. The molecule has 1 aromatic carbocycles. The van der Waals surface area contributed by atoms with E-state index >= 15 is 0 Å². The number of hydrogen-bond donors (Lipinski definition) is 0. The van der Waals surface area contributed by atoms with Gasteiger partial charge in [-0.25, -0.2) is 0 Å². The van der Waals surface area contributed by atoms with Gasteiger partial charge in [0.1, 0.15) is 22.7 Å². The van der Waals surface area contributed by atoms with Gasteiger partial charge in [-0.1, -0.05) is 0 Å². The molecule has 0 amide bonds. The second kappa shape index (κ2) is 2.98. The molecule has 0 atom stereocenters. The molecule has 0 aliphatic rings. The van der Waals surface area contributed by atoms with Crippen molar-refractivity contribution >= 4 is 21.9 Å². The van der Waals surface area contributed by atoms with Crippen LogP contribution in [0.1, 0.15) is 11.5 Å². The lowest BCUT2D eigenvalue weighted by molar-refractivity contribution is 0.537. The summed E-state index contributed by atoms with van der Waals surface area (Å²) in [4.78, 5) is 9.60. The van der Waals surface area contributed by atoms with Crippen molar-refractivity contribution in [2.24, 2.45) is 0 Å². The quantitative estimate of drug-likeness (QED) is 0.541. The van der Waals surface area contributed by atoms with E-state index in [9.17, 15) is 4.79 Å². The Morgan fingerprint density at radius 3 is 2.25 bits per heavy atom. The second-order valence-corrected chi connectivity index (χ2v) is 3.99. The van der Waals surface area contributed by atoms with Crippen LogP contribution < -0.4 is 5.43 Å². The maximum atomic E-state index is 9.60. The third-order valence-electron chi connectivity index (χ3n) is 2.60. The highest BCUT2D eigenvalue weighted by molar-refractivity contribution is 6.04. The van der Waals surface area contributed by atoms with Gasteiger partial charge in [0.05, 0.1) is 17.5 Å². The Balaban J connectivity index is 2.69. The van der Waals surface area contributed by atoms with Crippen LogP contribution in [0.5, 0.6) is 0 Å². The molecule has 1 N–H and O–H groups in total. The molecule has 0 saturated heterocycles. The van der Waals surface area contributed by atoms with E-state index < -0.39 is 0 Å². The number of benzene rings is 1. The molecular weight excluding hydrogens is 204 g/mol. The molecule has 2 heterocycles. The Morgan fingerprint density at radius 1 is 0.875 bits per heavy atom. The zero-order chi connectivity index (χ0) is 11.3. The summed E-state index contributed by atoms with van der Waals surface area (Å²) >= 11 is 0. The number of rotatable bonds is 0. The van der Waals surface area contributed by atoms with E-state index in [-0.39, 0.29) is 5.43 Å². The second-order valence-electron chi connectivity index (χ2n) is 3.99. The Labute approximate surface area is 91.3 Å². The van der Waals surface area contributed by atoms with Gasteiger partial charge in [0, 0.05) is 11.5 Å². The highest BCUT2D eigenvalue weighted by Crippen LogP contribution is 2.27. The van der Waals surface area contributed by atoms with E-state index in [4.69, 9.17) is 8.83 Å². The highest BCUT2D eigenvalue weighted by atomic mass is 16.4. The lowest BCUT2D eigenvalue weighted by Crippen LogP contribution is -1.99. The van der Waals surface area contributed by atoms with Gasteiger partial charge in [-0.15, -0.1) is 0 Å². The third-order valence-corrected chi connectivity index (χ3v) is 2.60. The van der Waals surface area contributed by atoms with Gasteiger partial charge in [0.25, 0.3) is 0 Å². The Kier molecular flexibility index (Phi) is 1.72. The zero-order valence-electron chi connectivity index (χ0n) is 9.07. The number of hydrogen-bond acceptors (Lipinski definition) is 2. The molecule has 3 aromatic rings. The third kappa shape index (κ3) is 1.25. The lowest BCUT2D eigenvalue weighted by atomic mass is 10.1. The van der Waals surface area contributed by atoms with Gasteiger partial charge in [-0.05, 0) is 19.9 Å². The summed E-state index contributed by atoms with van der Waals surface area (Å²) in [5, 5.41) is 1.84. The predicted molar refractivity (Wildman–Crippen MR) is 60.5 cm³/mol. The van der Waals surface area contributed by atoms with Gasteiger partial charge in [0.2, 0.25) is 0 Å². The SMILES string of the molecule is Cc1cc2cc(=[OH+])cc3oc(C)cc(o1)c23. The summed E-state index contributed by atoms with van der Waals surface area (Å²) in [7, 11) is 0. The molecule has 3 nitrogen and oxygen atoms in total. The highest BCUT2D eigenvalue weighted by Gasteiger charge is 2.10. The summed E-state index contributed by atoms with van der Waals surface area (Å²) < 4.78 is 11.2. The summed E-state index contributed by atoms with van der Waals surface area (Å²) in [6, 6.07) is 7.06. The summed E-state index contributed by atoms with van der Waals surface area (Å²) in [5.74, 6) is 1.57. The van der Waals surface area contributed by atoms with Gasteiger partial charge in [-0.2, -0.15) is 0 Å². The van der Waals surface area contributed by atoms with Crippen LogP contribution >= 0.6 is 0 Å². The average molecular weight is 215 g/mol. The van der Waals surface area contributed by atoms with Crippen molar-refractivity contribution in [1.82, 2.24) is 0 Å². The predicted octanol–water partition coefficient (Wildman–Crippen LogP) is 2.80. The molecule has 2 aromatic heterocycles. The topological polar surface area (TPSA) is 47.7 Å². The van der Waals surface area contributed by atoms with Crippen molar-refractivity contribution in [2.75, 3.05) is 0 Å². The number of aryl methyl sites for hydroxylation is 2. The molecule has 0 bridgehead atoms. The lowest BCUT2D eigenvalue weighted by Gasteiger charge is -2.05. The molecule has 0 aliphatic carbocycles. The van der Waals surface area contributed by atoms with E-state index in [1.54, 1.807) is 12.1 Å². The molecule has 0 saturated carbocycles. The standard InChI is InChI=1S/C13H10O3/c1-7-3-9-5-10(14)6-12-13(9)11(15-7)4-8(2)16-12/h3-6H,1-2H3/p+1. The van der Waals surface area contributed by atoms with Crippen LogP contribution in [0, 0.1) is 13.8 Å². The zero-order valence-corrected chi connectivity index (χ0v) is 9.07. The largest absolute Gasteiger partial charge is 0.461 e.